The maximum absolute atomic E-state index is 13.2. The predicted molar refractivity (Wildman–Crippen MR) is 105 cm³/mol. The molecule has 0 bridgehead atoms. The SMILES string of the molecule is O=C1c2oc3ccccc3c(=O)c2[C@H](c2cccs2)N1Cc1ccccc1. The molecular formula is C22H15NO3S. The monoisotopic (exact) mass is 373 g/mol. The Morgan fingerprint density at radius 3 is 2.48 bits per heavy atom. The summed E-state index contributed by atoms with van der Waals surface area (Å²) in [5.41, 5.74) is 1.77. The van der Waals surface area contributed by atoms with E-state index in [9.17, 15) is 9.59 Å². The van der Waals surface area contributed by atoms with Gasteiger partial charge in [0.1, 0.15) is 11.6 Å². The number of thiophene rings is 1. The lowest BCUT2D eigenvalue weighted by molar-refractivity contribution is 0.0716. The summed E-state index contributed by atoms with van der Waals surface area (Å²) in [6.45, 7) is 0.419. The first-order valence-electron chi connectivity index (χ1n) is 8.68. The number of amides is 1. The van der Waals surface area contributed by atoms with Gasteiger partial charge in [-0.15, -0.1) is 11.3 Å². The van der Waals surface area contributed by atoms with Gasteiger partial charge < -0.3 is 9.32 Å². The van der Waals surface area contributed by atoms with Gasteiger partial charge in [-0.1, -0.05) is 48.5 Å². The molecule has 0 saturated heterocycles. The molecule has 0 radical (unpaired) electrons. The van der Waals surface area contributed by atoms with Crippen molar-refractivity contribution in [2.45, 2.75) is 12.6 Å². The average molecular weight is 373 g/mol. The second-order valence-electron chi connectivity index (χ2n) is 6.51. The first-order valence-corrected chi connectivity index (χ1v) is 9.56. The Kier molecular flexibility index (Phi) is 3.69. The van der Waals surface area contributed by atoms with Crippen molar-refractivity contribution in [3.8, 4) is 0 Å². The fourth-order valence-corrected chi connectivity index (χ4v) is 4.50. The summed E-state index contributed by atoms with van der Waals surface area (Å²) in [6, 6.07) is 20.4. The molecule has 0 saturated carbocycles. The van der Waals surface area contributed by atoms with Gasteiger partial charge in [-0.05, 0) is 29.1 Å². The highest BCUT2D eigenvalue weighted by Gasteiger charge is 2.43. The summed E-state index contributed by atoms with van der Waals surface area (Å²) in [5.74, 6) is -0.0804. The number of rotatable bonds is 3. The topological polar surface area (TPSA) is 50.5 Å². The van der Waals surface area contributed by atoms with E-state index in [0.717, 1.165) is 10.4 Å². The maximum Gasteiger partial charge on any atom is 0.291 e. The highest BCUT2D eigenvalue weighted by molar-refractivity contribution is 7.10. The molecule has 2 aromatic carbocycles. The Morgan fingerprint density at radius 1 is 0.926 bits per heavy atom. The van der Waals surface area contributed by atoms with Crippen molar-refractivity contribution in [1.29, 1.82) is 0 Å². The van der Waals surface area contributed by atoms with Gasteiger partial charge in [0, 0.05) is 11.4 Å². The third-order valence-corrected chi connectivity index (χ3v) is 5.81. The zero-order valence-corrected chi connectivity index (χ0v) is 15.1. The molecule has 1 aliphatic heterocycles. The second-order valence-corrected chi connectivity index (χ2v) is 7.49. The zero-order chi connectivity index (χ0) is 18.4. The lowest BCUT2D eigenvalue weighted by atomic mass is 10.0. The second kappa shape index (κ2) is 6.21. The number of para-hydroxylation sites is 1. The molecule has 5 heteroatoms. The van der Waals surface area contributed by atoms with Crippen LogP contribution in [0.15, 0.2) is 81.3 Å². The molecule has 132 valence electrons. The van der Waals surface area contributed by atoms with Crippen LogP contribution in [0, 0.1) is 0 Å². The molecule has 27 heavy (non-hydrogen) atoms. The standard InChI is InChI=1S/C22H15NO3S/c24-20-15-9-4-5-10-16(15)26-21-18(20)19(17-11-6-12-27-17)23(22(21)25)13-14-7-2-1-3-8-14/h1-12,19H,13H2/t19-/m0/s1. The van der Waals surface area contributed by atoms with Gasteiger partial charge in [0.15, 0.2) is 5.43 Å². The summed E-state index contributed by atoms with van der Waals surface area (Å²) in [5, 5.41) is 2.47. The highest BCUT2D eigenvalue weighted by Crippen LogP contribution is 2.40. The average Bonchev–Trinajstić information content (AvgIpc) is 3.31. The molecule has 1 aliphatic rings. The largest absolute Gasteiger partial charge is 0.450 e. The lowest BCUT2D eigenvalue weighted by Crippen LogP contribution is -2.28. The van der Waals surface area contributed by atoms with Crippen LogP contribution < -0.4 is 5.43 Å². The van der Waals surface area contributed by atoms with E-state index in [1.54, 1.807) is 23.1 Å². The minimum absolute atomic E-state index is 0.130. The molecule has 4 nitrogen and oxygen atoms in total. The molecule has 0 unspecified atom stereocenters. The summed E-state index contributed by atoms with van der Waals surface area (Å²) in [4.78, 5) is 29.1. The number of hydrogen-bond donors (Lipinski definition) is 0. The molecule has 3 heterocycles. The fourth-order valence-electron chi connectivity index (χ4n) is 3.65. The quantitative estimate of drug-likeness (QED) is 0.527. The van der Waals surface area contributed by atoms with E-state index in [-0.39, 0.29) is 17.1 Å². The summed E-state index contributed by atoms with van der Waals surface area (Å²) < 4.78 is 5.91. The predicted octanol–water partition coefficient (Wildman–Crippen LogP) is 4.60. The molecule has 0 N–H and O–H groups in total. The number of carbonyl (C=O) groups is 1. The van der Waals surface area contributed by atoms with Crippen molar-refractivity contribution < 1.29 is 9.21 Å². The van der Waals surface area contributed by atoms with E-state index < -0.39 is 6.04 Å². The van der Waals surface area contributed by atoms with Crippen LogP contribution in [0.1, 0.15) is 32.6 Å². The minimum Gasteiger partial charge on any atom is -0.450 e. The van der Waals surface area contributed by atoms with Gasteiger partial charge in [0.25, 0.3) is 5.91 Å². The Balaban J connectivity index is 1.73. The van der Waals surface area contributed by atoms with E-state index >= 15 is 0 Å². The Morgan fingerprint density at radius 2 is 1.70 bits per heavy atom. The van der Waals surface area contributed by atoms with Crippen LogP contribution in [-0.4, -0.2) is 10.8 Å². The third kappa shape index (κ3) is 2.51. The van der Waals surface area contributed by atoms with Gasteiger partial charge in [-0.2, -0.15) is 0 Å². The molecular weight excluding hydrogens is 358 g/mol. The first-order chi connectivity index (χ1) is 13.2. The Labute approximate surface area is 159 Å². The smallest absolute Gasteiger partial charge is 0.291 e. The van der Waals surface area contributed by atoms with E-state index in [1.807, 2.05) is 53.9 Å². The number of hydrogen-bond acceptors (Lipinski definition) is 4. The fraction of sp³-hybridized carbons (Fsp3) is 0.0909. The van der Waals surface area contributed by atoms with Gasteiger partial charge in [0.05, 0.1) is 10.9 Å². The normalized spacial score (nSPS) is 16.1. The van der Waals surface area contributed by atoms with Crippen molar-refractivity contribution >= 4 is 28.2 Å². The number of nitrogens with zero attached hydrogens (tertiary/aromatic N) is 1. The Hall–Kier alpha value is -3.18. The third-order valence-electron chi connectivity index (χ3n) is 4.88. The molecule has 4 aromatic rings. The van der Waals surface area contributed by atoms with Crippen molar-refractivity contribution in [2.24, 2.45) is 0 Å². The van der Waals surface area contributed by atoms with Crippen LogP contribution in [0.5, 0.6) is 0 Å². The molecule has 0 spiro atoms. The molecule has 5 rings (SSSR count). The van der Waals surface area contributed by atoms with Crippen LogP contribution in [0.25, 0.3) is 11.0 Å². The van der Waals surface area contributed by atoms with E-state index in [2.05, 4.69) is 0 Å². The number of carbonyl (C=O) groups excluding carboxylic acids is 1. The zero-order valence-electron chi connectivity index (χ0n) is 14.3. The van der Waals surface area contributed by atoms with Crippen LogP contribution in [0.2, 0.25) is 0 Å². The van der Waals surface area contributed by atoms with Crippen LogP contribution in [-0.2, 0) is 6.54 Å². The van der Waals surface area contributed by atoms with Gasteiger partial charge >= 0.3 is 0 Å². The van der Waals surface area contributed by atoms with Crippen molar-refractivity contribution in [3.05, 3.63) is 104 Å². The molecule has 2 aromatic heterocycles. The van der Waals surface area contributed by atoms with Crippen molar-refractivity contribution in [1.82, 2.24) is 4.90 Å². The number of fused-ring (bicyclic) bond motifs is 2. The van der Waals surface area contributed by atoms with Crippen LogP contribution >= 0.6 is 11.3 Å². The molecule has 0 fully saturated rings. The van der Waals surface area contributed by atoms with Crippen LogP contribution in [0.4, 0.5) is 0 Å². The summed E-state index contributed by atoms with van der Waals surface area (Å²) >= 11 is 1.54. The minimum atomic E-state index is -0.423. The molecule has 1 amide bonds. The summed E-state index contributed by atoms with van der Waals surface area (Å²) in [6.07, 6.45) is 0. The molecule has 1 atom stereocenters. The van der Waals surface area contributed by atoms with Gasteiger partial charge in [0.2, 0.25) is 5.76 Å². The van der Waals surface area contributed by atoms with Gasteiger partial charge in [-0.3, -0.25) is 9.59 Å². The lowest BCUT2D eigenvalue weighted by Gasteiger charge is -2.24. The van der Waals surface area contributed by atoms with E-state index in [4.69, 9.17) is 4.42 Å². The van der Waals surface area contributed by atoms with E-state index in [0.29, 0.717) is 23.1 Å². The molecule has 0 aliphatic carbocycles. The van der Waals surface area contributed by atoms with Gasteiger partial charge in [-0.25, -0.2) is 0 Å². The number of benzene rings is 2. The van der Waals surface area contributed by atoms with Crippen LogP contribution in [0.3, 0.4) is 0 Å². The summed E-state index contributed by atoms with van der Waals surface area (Å²) in [7, 11) is 0. The Bertz CT molecular complexity index is 1200. The van der Waals surface area contributed by atoms with Crippen molar-refractivity contribution in [3.63, 3.8) is 0 Å². The maximum atomic E-state index is 13.2. The van der Waals surface area contributed by atoms with Crippen molar-refractivity contribution in [2.75, 3.05) is 0 Å². The first kappa shape index (κ1) is 16.0. The highest BCUT2D eigenvalue weighted by atomic mass is 32.1. The van der Waals surface area contributed by atoms with E-state index in [1.165, 1.54) is 11.3 Å².